The lowest BCUT2D eigenvalue weighted by Gasteiger charge is -2.13. The highest BCUT2D eigenvalue weighted by Gasteiger charge is 2.24. The van der Waals surface area contributed by atoms with Crippen LogP contribution >= 0.6 is 7.82 Å². The van der Waals surface area contributed by atoms with Gasteiger partial charge in [-0.15, -0.1) is 0 Å². The summed E-state index contributed by atoms with van der Waals surface area (Å²) in [5.41, 5.74) is 0. The van der Waals surface area contributed by atoms with Crippen molar-refractivity contribution in [1.29, 1.82) is 10.5 Å². The lowest BCUT2D eigenvalue weighted by atomic mass is 10.3. The minimum absolute atomic E-state index is 0.286. The van der Waals surface area contributed by atoms with E-state index in [0.29, 0.717) is 0 Å². The molecular formula is C14H11N2O4P. The van der Waals surface area contributed by atoms with E-state index in [9.17, 15) is 9.46 Å². The van der Waals surface area contributed by atoms with E-state index in [1.807, 2.05) is 0 Å². The highest BCUT2D eigenvalue weighted by molar-refractivity contribution is 7.48. The molecule has 0 aliphatic heterocycles. The maximum absolute atomic E-state index is 11.7. The summed E-state index contributed by atoms with van der Waals surface area (Å²) in [6.45, 7) is 0. The van der Waals surface area contributed by atoms with E-state index in [-0.39, 0.29) is 11.5 Å². The standard InChI is InChI=1S/C12H11O4P.C2N2/c13-17(14,15-11-7-3-1-4-8-11)16-12-9-5-2-6-10-12;3-1-2-4/h1-10H,(H,13,14);. The normalized spacial score (nSPS) is 9.29. The van der Waals surface area contributed by atoms with Crippen LogP contribution in [0.2, 0.25) is 0 Å². The summed E-state index contributed by atoms with van der Waals surface area (Å²) in [5, 5.41) is 14.5. The first-order chi connectivity index (χ1) is 10.1. The minimum atomic E-state index is -4.14. The molecule has 2 rings (SSSR count). The molecule has 0 unspecified atom stereocenters. The zero-order valence-electron chi connectivity index (χ0n) is 10.8. The SMILES string of the molecule is N#CC#N.O=P(O)(Oc1ccccc1)Oc1ccccc1. The van der Waals surface area contributed by atoms with E-state index in [2.05, 4.69) is 0 Å². The fourth-order valence-electron chi connectivity index (χ4n) is 1.25. The third kappa shape index (κ3) is 6.79. The predicted molar refractivity (Wildman–Crippen MR) is 75.2 cm³/mol. The van der Waals surface area contributed by atoms with Crippen molar-refractivity contribution in [3.63, 3.8) is 0 Å². The first kappa shape index (κ1) is 16.3. The Balaban J connectivity index is 0.000000491. The first-order valence-electron chi connectivity index (χ1n) is 5.67. The van der Waals surface area contributed by atoms with E-state index >= 15 is 0 Å². The van der Waals surface area contributed by atoms with Crippen LogP contribution in [0.3, 0.4) is 0 Å². The van der Waals surface area contributed by atoms with Crippen LogP contribution in [-0.2, 0) is 4.57 Å². The average molecular weight is 302 g/mol. The number of phosphoric ester groups is 1. The van der Waals surface area contributed by atoms with Gasteiger partial charge in [-0.3, -0.25) is 4.89 Å². The van der Waals surface area contributed by atoms with Crippen molar-refractivity contribution < 1.29 is 18.5 Å². The molecule has 2 aromatic rings. The molecule has 21 heavy (non-hydrogen) atoms. The van der Waals surface area contributed by atoms with Gasteiger partial charge in [0.05, 0.1) is 0 Å². The number of nitriles is 2. The highest BCUT2D eigenvalue weighted by atomic mass is 31.2. The Morgan fingerprint density at radius 3 is 1.43 bits per heavy atom. The van der Waals surface area contributed by atoms with E-state index in [0.717, 1.165) is 0 Å². The van der Waals surface area contributed by atoms with Gasteiger partial charge < -0.3 is 9.05 Å². The first-order valence-corrected chi connectivity index (χ1v) is 7.17. The summed E-state index contributed by atoms with van der Waals surface area (Å²) >= 11 is 0. The Morgan fingerprint density at radius 2 is 1.14 bits per heavy atom. The lowest BCUT2D eigenvalue weighted by molar-refractivity contribution is 0.291. The van der Waals surface area contributed by atoms with Gasteiger partial charge in [-0.1, -0.05) is 36.4 Å². The maximum atomic E-state index is 11.7. The quantitative estimate of drug-likeness (QED) is 0.869. The Labute approximate surface area is 122 Å². The number of rotatable bonds is 4. The molecule has 0 bridgehead atoms. The molecule has 1 N–H and O–H groups in total. The van der Waals surface area contributed by atoms with Gasteiger partial charge >= 0.3 is 7.82 Å². The fourth-order valence-corrected chi connectivity index (χ4v) is 2.06. The van der Waals surface area contributed by atoms with Gasteiger partial charge in [0.25, 0.3) is 0 Å². The van der Waals surface area contributed by atoms with Crippen molar-refractivity contribution in [3.05, 3.63) is 60.7 Å². The van der Waals surface area contributed by atoms with Crippen molar-refractivity contribution in [2.24, 2.45) is 0 Å². The summed E-state index contributed by atoms with van der Waals surface area (Å²) in [5.74, 6) is 0.573. The van der Waals surface area contributed by atoms with E-state index in [1.54, 1.807) is 60.7 Å². The molecule has 106 valence electrons. The molecule has 0 heterocycles. The molecule has 0 aliphatic carbocycles. The lowest BCUT2D eigenvalue weighted by Crippen LogP contribution is -1.99. The molecule has 7 heteroatoms. The van der Waals surface area contributed by atoms with Crippen LogP contribution in [0.1, 0.15) is 0 Å². The molecule has 6 nitrogen and oxygen atoms in total. The minimum Gasteiger partial charge on any atom is -0.395 e. The number of nitrogens with zero attached hydrogens (tertiary/aromatic N) is 2. The summed E-state index contributed by atoms with van der Waals surface area (Å²) in [6, 6.07) is 19.2. The topological polar surface area (TPSA) is 103 Å². The zero-order chi connectivity index (χ0) is 15.6. The molecule has 0 aromatic heterocycles. The van der Waals surface area contributed by atoms with Crippen molar-refractivity contribution in [3.8, 4) is 23.6 Å². The van der Waals surface area contributed by atoms with Crippen LogP contribution in [-0.4, -0.2) is 4.89 Å². The second-order valence-corrected chi connectivity index (χ2v) is 4.80. The molecule has 0 fully saturated rings. The Morgan fingerprint density at radius 1 is 0.810 bits per heavy atom. The fraction of sp³-hybridized carbons (Fsp3) is 0. The number of hydrogen-bond acceptors (Lipinski definition) is 5. The van der Waals surface area contributed by atoms with Gasteiger partial charge in [-0.05, 0) is 24.3 Å². The molecule has 0 radical (unpaired) electrons. The molecule has 0 aliphatic rings. The van der Waals surface area contributed by atoms with Crippen LogP contribution in [0.5, 0.6) is 11.5 Å². The Hall–Kier alpha value is -2.79. The molecule has 0 amide bonds. The second kappa shape index (κ2) is 8.39. The van der Waals surface area contributed by atoms with E-state index < -0.39 is 7.82 Å². The van der Waals surface area contributed by atoms with Crippen molar-refractivity contribution in [2.45, 2.75) is 0 Å². The summed E-state index contributed by atoms with van der Waals surface area (Å²) in [7, 11) is -4.14. The number of hydrogen-bond donors (Lipinski definition) is 1. The largest absolute Gasteiger partial charge is 0.584 e. The van der Waals surface area contributed by atoms with Gasteiger partial charge in [0.1, 0.15) is 11.5 Å². The second-order valence-electron chi connectivity index (χ2n) is 3.50. The Kier molecular flexibility index (Phi) is 6.50. The number of benzene rings is 2. The molecule has 0 saturated heterocycles. The molecule has 0 spiro atoms. The van der Waals surface area contributed by atoms with Crippen LogP contribution in [0.15, 0.2) is 60.7 Å². The van der Waals surface area contributed by atoms with Crippen molar-refractivity contribution >= 4 is 7.82 Å². The van der Waals surface area contributed by atoms with Crippen LogP contribution < -0.4 is 9.05 Å². The van der Waals surface area contributed by atoms with Gasteiger partial charge in [0.15, 0.2) is 12.1 Å². The summed E-state index contributed by atoms with van der Waals surface area (Å²) in [4.78, 5) is 9.53. The van der Waals surface area contributed by atoms with E-state index in [1.165, 1.54) is 12.1 Å². The summed E-state index contributed by atoms with van der Waals surface area (Å²) < 4.78 is 21.5. The van der Waals surface area contributed by atoms with Crippen LogP contribution in [0.4, 0.5) is 0 Å². The predicted octanol–water partition coefficient (Wildman–Crippen LogP) is 3.28. The number of phosphoric acid groups is 1. The third-order valence-electron chi connectivity index (χ3n) is 1.98. The molecular weight excluding hydrogens is 291 g/mol. The third-order valence-corrected chi connectivity index (χ3v) is 2.86. The van der Waals surface area contributed by atoms with Crippen LogP contribution in [0, 0.1) is 22.7 Å². The highest BCUT2D eigenvalue weighted by Crippen LogP contribution is 2.43. The zero-order valence-corrected chi connectivity index (χ0v) is 11.7. The molecule has 0 atom stereocenters. The van der Waals surface area contributed by atoms with Gasteiger partial charge in [-0.25, -0.2) is 4.57 Å². The van der Waals surface area contributed by atoms with E-state index in [4.69, 9.17) is 19.6 Å². The molecule has 2 aromatic carbocycles. The smallest absolute Gasteiger partial charge is 0.395 e. The van der Waals surface area contributed by atoms with Crippen molar-refractivity contribution in [1.82, 2.24) is 0 Å². The van der Waals surface area contributed by atoms with Gasteiger partial charge in [0.2, 0.25) is 0 Å². The van der Waals surface area contributed by atoms with Gasteiger partial charge in [-0.2, -0.15) is 10.5 Å². The number of para-hydroxylation sites is 2. The molecule has 0 saturated carbocycles. The monoisotopic (exact) mass is 302 g/mol. The Bertz CT molecular complexity index is 620. The average Bonchev–Trinajstić information content (AvgIpc) is 2.48. The van der Waals surface area contributed by atoms with Crippen LogP contribution in [0.25, 0.3) is 0 Å². The summed E-state index contributed by atoms with van der Waals surface area (Å²) in [6.07, 6.45) is 0. The van der Waals surface area contributed by atoms with Crippen molar-refractivity contribution in [2.75, 3.05) is 0 Å². The maximum Gasteiger partial charge on any atom is 0.584 e. The van der Waals surface area contributed by atoms with Gasteiger partial charge in [0, 0.05) is 0 Å².